The molecule has 0 spiro atoms. The van der Waals surface area contributed by atoms with E-state index in [9.17, 15) is 18.6 Å². The van der Waals surface area contributed by atoms with Crippen LogP contribution in [0.5, 0.6) is 0 Å². The Labute approximate surface area is 188 Å². The van der Waals surface area contributed by atoms with E-state index in [1.54, 1.807) is 6.92 Å². The Bertz CT molecular complexity index is 586. The predicted molar refractivity (Wildman–Crippen MR) is 117 cm³/mol. The summed E-state index contributed by atoms with van der Waals surface area (Å²) in [6, 6.07) is 0. The molecular formula is C21H39NO8S. The maximum Gasteiger partial charge on any atom is 0.311 e. The molecule has 0 saturated heterocycles. The highest BCUT2D eigenvalue weighted by atomic mass is 32.2. The summed E-state index contributed by atoms with van der Waals surface area (Å²) in [5.41, 5.74) is -0.852. The van der Waals surface area contributed by atoms with E-state index in [0.717, 1.165) is 4.31 Å². The molecule has 0 aromatic heterocycles. The fourth-order valence-electron chi connectivity index (χ4n) is 2.99. The molecule has 182 valence electrons. The first kappa shape index (κ1) is 29.5. The third-order valence-corrected chi connectivity index (χ3v) is 6.10. The Morgan fingerprint density at radius 3 is 2.35 bits per heavy atom. The van der Waals surface area contributed by atoms with Crippen LogP contribution in [-0.4, -0.2) is 64.9 Å². The smallest absolute Gasteiger partial charge is 0.311 e. The zero-order valence-electron chi connectivity index (χ0n) is 19.6. The Kier molecular flexibility index (Phi) is 14.6. The van der Waals surface area contributed by atoms with Gasteiger partial charge in [0.15, 0.2) is 0 Å². The van der Waals surface area contributed by atoms with Crippen molar-refractivity contribution < 1.29 is 37.4 Å². The fourth-order valence-corrected chi connectivity index (χ4v) is 3.22. The van der Waals surface area contributed by atoms with Crippen LogP contribution < -0.4 is 0 Å². The van der Waals surface area contributed by atoms with Gasteiger partial charge in [-0.2, -0.15) is 0 Å². The molecule has 31 heavy (non-hydrogen) atoms. The summed E-state index contributed by atoms with van der Waals surface area (Å²) in [5.74, 6) is -1.30. The van der Waals surface area contributed by atoms with Crippen LogP contribution in [0.25, 0.3) is 0 Å². The van der Waals surface area contributed by atoms with Gasteiger partial charge in [0.2, 0.25) is 11.3 Å². The lowest BCUT2D eigenvalue weighted by Crippen LogP contribution is -2.37. The number of esters is 2. The van der Waals surface area contributed by atoms with Crippen LogP contribution in [0.2, 0.25) is 0 Å². The van der Waals surface area contributed by atoms with Gasteiger partial charge in [0.25, 0.3) is 6.47 Å². The lowest BCUT2D eigenvalue weighted by molar-refractivity contribution is -0.161. The van der Waals surface area contributed by atoms with Crippen LogP contribution in [-0.2, 0) is 39.9 Å². The highest BCUT2D eigenvalue weighted by Crippen LogP contribution is 2.36. The molecule has 0 bridgehead atoms. The molecular weight excluding hydrogens is 426 g/mol. The predicted octanol–water partition coefficient (Wildman–Crippen LogP) is 2.81. The van der Waals surface area contributed by atoms with E-state index < -0.39 is 28.6 Å². The normalized spacial score (nSPS) is 16.3. The van der Waals surface area contributed by atoms with Crippen LogP contribution in [0, 0.1) is 23.2 Å². The second-order valence-corrected chi connectivity index (χ2v) is 9.64. The minimum Gasteiger partial charge on any atom is -0.468 e. The summed E-state index contributed by atoms with van der Waals surface area (Å²) in [4.78, 5) is 36.0. The lowest BCUT2D eigenvalue weighted by Gasteiger charge is -2.32. The van der Waals surface area contributed by atoms with Crippen LogP contribution in [0.3, 0.4) is 0 Å². The minimum atomic E-state index is -2.14. The number of hydrogen-bond acceptors (Lipinski definition) is 7. The molecule has 4 atom stereocenters. The number of hydrogen-bond donors (Lipinski definition) is 1. The van der Waals surface area contributed by atoms with Crippen LogP contribution >= 0.6 is 0 Å². The summed E-state index contributed by atoms with van der Waals surface area (Å²) in [6.07, 6.45) is 1.95. The van der Waals surface area contributed by atoms with Crippen molar-refractivity contribution in [2.45, 2.75) is 60.3 Å². The maximum absolute atomic E-state index is 12.9. The van der Waals surface area contributed by atoms with Gasteiger partial charge in [-0.05, 0) is 44.4 Å². The average Bonchev–Trinajstić information content (AvgIpc) is 2.72. The van der Waals surface area contributed by atoms with Gasteiger partial charge in [0.05, 0.1) is 24.5 Å². The molecule has 0 radical (unpaired) electrons. The quantitative estimate of drug-likeness (QED) is 0.114. The monoisotopic (exact) mass is 465 g/mol. The molecule has 0 aromatic rings. The van der Waals surface area contributed by atoms with Crippen molar-refractivity contribution in [1.82, 2.24) is 4.31 Å². The number of rotatable bonds is 17. The second-order valence-electron chi connectivity index (χ2n) is 8.55. The Hall–Kier alpha value is -1.52. The van der Waals surface area contributed by atoms with Gasteiger partial charge < -0.3 is 14.2 Å². The van der Waals surface area contributed by atoms with Crippen LogP contribution in [0.4, 0.5) is 0 Å². The largest absolute Gasteiger partial charge is 0.468 e. The molecule has 0 rings (SSSR count). The van der Waals surface area contributed by atoms with E-state index in [1.165, 1.54) is 7.05 Å². The maximum atomic E-state index is 12.9. The summed E-state index contributed by atoms with van der Waals surface area (Å²) in [5, 5.41) is 0. The first-order valence-electron chi connectivity index (χ1n) is 10.7. The molecule has 0 aliphatic heterocycles. The first-order chi connectivity index (χ1) is 14.5. The van der Waals surface area contributed by atoms with Gasteiger partial charge >= 0.3 is 11.9 Å². The van der Waals surface area contributed by atoms with Crippen molar-refractivity contribution >= 4 is 29.7 Å². The number of carbonyl (C=O) groups excluding carboxylic acids is 3. The molecule has 4 unspecified atom stereocenters. The molecule has 9 nitrogen and oxygen atoms in total. The molecule has 0 aliphatic rings. The average molecular weight is 466 g/mol. The van der Waals surface area contributed by atoms with Gasteiger partial charge in [-0.25, -0.2) is 8.51 Å². The van der Waals surface area contributed by atoms with Crippen LogP contribution in [0.1, 0.15) is 60.3 Å². The summed E-state index contributed by atoms with van der Waals surface area (Å²) >= 11 is -2.14. The van der Waals surface area contributed by atoms with Gasteiger partial charge in [0.1, 0.15) is 6.61 Å². The summed E-state index contributed by atoms with van der Waals surface area (Å²) in [6.45, 7) is 10.5. The van der Waals surface area contributed by atoms with Gasteiger partial charge in [-0.1, -0.05) is 27.7 Å². The number of likely N-dealkylation sites (N-methyl/N-ethyl adjacent to an activating group) is 1. The SMILES string of the molecule is CCC(C)(CC(C(=O)OCCN(C)S(=O)O)C(C)CCCOC=O)C(=O)OCC(C)C. The molecule has 0 fully saturated rings. The Balaban J connectivity index is 5.28. The number of ether oxygens (including phenoxy) is 3. The van der Waals surface area contributed by atoms with Crippen LogP contribution in [0.15, 0.2) is 0 Å². The lowest BCUT2D eigenvalue weighted by atomic mass is 9.74. The topological polar surface area (TPSA) is 119 Å². The van der Waals surface area contributed by atoms with Crippen molar-refractivity contribution in [3.8, 4) is 0 Å². The van der Waals surface area contributed by atoms with E-state index in [4.69, 9.17) is 18.8 Å². The first-order valence-corrected chi connectivity index (χ1v) is 11.8. The molecule has 0 aliphatic carbocycles. The molecule has 0 saturated carbocycles. The number of carbonyl (C=O) groups is 3. The van der Waals surface area contributed by atoms with E-state index in [-0.39, 0.29) is 44.0 Å². The van der Waals surface area contributed by atoms with Gasteiger partial charge in [-0.3, -0.25) is 18.9 Å². The molecule has 0 aromatic carbocycles. The number of nitrogens with zero attached hydrogens (tertiary/aromatic N) is 1. The molecule has 1 N–H and O–H groups in total. The van der Waals surface area contributed by atoms with Crippen molar-refractivity contribution in [3.05, 3.63) is 0 Å². The summed E-state index contributed by atoms with van der Waals surface area (Å²) < 4.78 is 36.7. The van der Waals surface area contributed by atoms with E-state index in [0.29, 0.717) is 32.3 Å². The van der Waals surface area contributed by atoms with Crippen molar-refractivity contribution in [2.24, 2.45) is 23.2 Å². The van der Waals surface area contributed by atoms with Crippen molar-refractivity contribution in [1.29, 1.82) is 0 Å². The third kappa shape index (κ3) is 11.6. The molecule has 0 amide bonds. The third-order valence-electron chi connectivity index (χ3n) is 5.39. The van der Waals surface area contributed by atoms with Gasteiger partial charge in [0, 0.05) is 13.6 Å². The van der Waals surface area contributed by atoms with Crippen molar-refractivity contribution in [2.75, 3.05) is 33.4 Å². The Morgan fingerprint density at radius 2 is 1.84 bits per heavy atom. The minimum absolute atomic E-state index is 0.0419. The Morgan fingerprint density at radius 1 is 1.19 bits per heavy atom. The molecule has 0 heterocycles. The second kappa shape index (κ2) is 15.3. The summed E-state index contributed by atoms with van der Waals surface area (Å²) in [7, 11) is 1.44. The highest BCUT2D eigenvalue weighted by Gasteiger charge is 2.40. The fraction of sp³-hybridized carbons (Fsp3) is 0.857. The van der Waals surface area contributed by atoms with E-state index in [1.807, 2.05) is 27.7 Å². The van der Waals surface area contributed by atoms with E-state index >= 15 is 0 Å². The van der Waals surface area contributed by atoms with E-state index in [2.05, 4.69) is 0 Å². The zero-order chi connectivity index (χ0) is 24.0. The highest BCUT2D eigenvalue weighted by molar-refractivity contribution is 7.76. The zero-order valence-corrected chi connectivity index (χ0v) is 20.4. The van der Waals surface area contributed by atoms with Crippen molar-refractivity contribution in [3.63, 3.8) is 0 Å². The van der Waals surface area contributed by atoms with Gasteiger partial charge in [-0.15, -0.1) is 0 Å². The molecule has 10 heteroatoms. The standard InChI is InChI=1S/C21H39NO8S/c1-7-21(5,20(25)30-14-16(2)3)13-18(17(4)9-8-11-28-15-23)19(24)29-12-10-22(6)31(26)27/h15-18H,7-14H2,1-6H3,(H,26,27).